The number of hydrogen-bond acceptors (Lipinski definition) is 4. The summed E-state index contributed by atoms with van der Waals surface area (Å²) in [7, 11) is 0. The first kappa shape index (κ1) is 19.7. The smallest absolute Gasteiger partial charge is 0.211 e. The van der Waals surface area contributed by atoms with Gasteiger partial charge in [0.1, 0.15) is 5.75 Å². The first-order valence-corrected chi connectivity index (χ1v) is 11.2. The van der Waals surface area contributed by atoms with Crippen LogP contribution in [0.3, 0.4) is 0 Å². The van der Waals surface area contributed by atoms with Gasteiger partial charge in [0, 0.05) is 0 Å². The van der Waals surface area contributed by atoms with Gasteiger partial charge in [-0.3, -0.25) is 0 Å². The van der Waals surface area contributed by atoms with E-state index in [2.05, 4.69) is 94.3 Å². The second-order valence-corrected chi connectivity index (χ2v) is 8.77. The monoisotopic (exact) mass is 412 g/mol. The molecule has 1 heterocycles. The summed E-state index contributed by atoms with van der Waals surface area (Å²) in [6.07, 6.45) is 5.13. The summed E-state index contributed by atoms with van der Waals surface area (Å²) < 4.78 is 5.74. The molecular weight excluding hydrogens is 384 g/mol. The summed E-state index contributed by atoms with van der Waals surface area (Å²) in [5.41, 5.74) is 2.91. The highest BCUT2D eigenvalue weighted by atomic mass is 16.5. The van der Waals surface area contributed by atoms with Gasteiger partial charge in [0.25, 0.3) is 0 Å². The van der Waals surface area contributed by atoms with Gasteiger partial charge in [-0.1, -0.05) is 66.7 Å². The van der Waals surface area contributed by atoms with E-state index in [1.165, 1.54) is 47.6 Å². The van der Waals surface area contributed by atoms with Crippen LogP contribution in [-0.2, 0) is 6.61 Å². The van der Waals surface area contributed by atoms with Crippen LogP contribution in [-0.4, -0.2) is 20.6 Å². The molecule has 1 fully saturated rings. The lowest BCUT2D eigenvalue weighted by Crippen LogP contribution is -2.03. The minimum atomic E-state index is 0.327. The molecule has 5 rings (SSSR count). The molecule has 1 N–H and O–H groups in total. The molecular formula is C26H28N4O. The van der Waals surface area contributed by atoms with E-state index < -0.39 is 0 Å². The molecule has 5 heteroatoms. The molecule has 158 valence electrons. The SMILES string of the molecule is C[C@@H](C[C@H]1CC[C@@H](c2ccc(OCc3nn[nH]n3)cc2)C1)c1cccc2ccccc12. The normalized spacial score (nSPS) is 19.5. The average molecular weight is 413 g/mol. The standard InChI is InChI=1S/C26H28N4O/c1-18(24-8-4-6-21-5-2-3-7-25(21)24)15-19-9-10-22(16-19)20-11-13-23(14-12-20)31-17-26-27-29-30-28-26/h2-8,11-14,18-19,22H,9-10,15-17H2,1H3,(H,27,28,29,30)/t18-,19+,22+/m0/s1. The van der Waals surface area contributed by atoms with Crippen molar-refractivity contribution in [3.05, 3.63) is 83.7 Å². The number of tetrazole rings is 1. The fraction of sp³-hybridized carbons (Fsp3) is 0.346. The Morgan fingerprint density at radius 2 is 1.84 bits per heavy atom. The molecule has 3 atom stereocenters. The summed E-state index contributed by atoms with van der Waals surface area (Å²) in [5, 5.41) is 16.6. The van der Waals surface area contributed by atoms with E-state index in [4.69, 9.17) is 4.74 Å². The quantitative estimate of drug-likeness (QED) is 0.404. The number of aromatic nitrogens is 4. The van der Waals surface area contributed by atoms with Crippen molar-refractivity contribution < 1.29 is 4.74 Å². The summed E-state index contributed by atoms with van der Waals surface area (Å²) in [5.74, 6) is 3.41. The van der Waals surface area contributed by atoms with E-state index in [0.29, 0.717) is 24.3 Å². The Bertz CT molecular complexity index is 1120. The van der Waals surface area contributed by atoms with Crippen molar-refractivity contribution in [2.24, 2.45) is 5.92 Å². The van der Waals surface area contributed by atoms with Gasteiger partial charge >= 0.3 is 0 Å². The van der Waals surface area contributed by atoms with Crippen LogP contribution in [0, 0.1) is 5.92 Å². The zero-order chi connectivity index (χ0) is 21.0. The molecule has 0 saturated heterocycles. The highest BCUT2D eigenvalue weighted by molar-refractivity contribution is 5.86. The Labute approximate surface area is 182 Å². The molecule has 0 aliphatic heterocycles. The van der Waals surface area contributed by atoms with Gasteiger partial charge in [0.15, 0.2) is 6.61 Å². The molecule has 5 nitrogen and oxygen atoms in total. The van der Waals surface area contributed by atoms with Gasteiger partial charge in [-0.25, -0.2) is 0 Å². The molecule has 0 amide bonds. The van der Waals surface area contributed by atoms with Crippen LogP contribution in [0.2, 0.25) is 0 Å². The molecule has 4 aromatic rings. The maximum absolute atomic E-state index is 5.74. The van der Waals surface area contributed by atoms with E-state index in [-0.39, 0.29) is 0 Å². The number of H-pyrrole nitrogens is 1. The highest BCUT2D eigenvalue weighted by Gasteiger charge is 2.27. The topological polar surface area (TPSA) is 63.7 Å². The minimum absolute atomic E-state index is 0.327. The number of ether oxygens (including phenoxy) is 1. The lowest BCUT2D eigenvalue weighted by molar-refractivity contribution is 0.296. The lowest BCUT2D eigenvalue weighted by Gasteiger charge is -2.19. The first-order chi connectivity index (χ1) is 15.3. The fourth-order valence-electron chi connectivity index (χ4n) is 5.13. The van der Waals surface area contributed by atoms with Gasteiger partial charge in [0.2, 0.25) is 5.82 Å². The third kappa shape index (κ3) is 4.46. The largest absolute Gasteiger partial charge is 0.485 e. The lowest BCUT2D eigenvalue weighted by atomic mass is 9.86. The molecule has 0 bridgehead atoms. The maximum Gasteiger partial charge on any atom is 0.211 e. The molecule has 3 aromatic carbocycles. The third-order valence-corrected chi connectivity index (χ3v) is 6.69. The number of fused-ring (bicyclic) bond motifs is 1. The van der Waals surface area contributed by atoms with Crippen LogP contribution >= 0.6 is 0 Å². The molecule has 1 aliphatic carbocycles. The summed E-state index contributed by atoms with van der Waals surface area (Å²) in [6.45, 7) is 2.72. The molecule has 1 aliphatic rings. The Balaban J connectivity index is 1.19. The maximum atomic E-state index is 5.74. The van der Waals surface area contributed by atoms with E-state index in [1.807, 2.05) is 0 Å². The van der Waals surface area contributed by atoms with Crippen molar-refractivity contribution in [2.75, 3.05) is 0 Å². The van der Waals surface area contributed by atoms with Crippen molar-refractivity contribution >= 4 is 10.8 Å². The fourth-order valence-corrected chi connectivity index (χ4v) is 5.13. The van der Waals surface area contributed by atoms with Gasteiger partial charge < -0.3 is 4.74 Å². The third-order valence-electron chi connectivity index (χ3n) is 6.69. The average Bonchev–Trinajstić information content (AvgIpc) is 3.50. The van der Waals surface area contributed by atoms with Crippen molar-refractivity contribution in [3.8, 4) is 5.75 Å². The number of benzene rings is 3. The van der Waals surface area contributed by atoms with E-state index in [9.17, 15) is 0 Å². The van der Waals surface area contributed by atoms with Crippen molar-refractivity contribution in [1.82, 2.24) is 20.6 Å². The molecule has 0 spiro atoms. The van der Waals surface area contributed by atoms with E-state index in [1.54, 1.807) is 0 Å². The summed E-state index contributed by atoms with van der Waals surface area (Å²) in [4.78, 5) is 0. The van der Waals surface area contributed by atoms with Crippen LogP contribution in [0.5, 0.6) is 5.75 Å². The molecule has 1 saturated carbocycles. The van der Waals surface area contributed by atoms with Crippen LogP contribution < -0.4 is 4.74 Å². The number of rotatable bonds is 7. The zero-order valence-electron chi connectivity index (χ0n) is 17.9. The van der Waals surface area contributed by atoms with E-state index in [0.717, 1.165) is 11.7 Å². The Morgan fingerprint density at radius 1 is 1.00 bits per heavy atom. The Hall–Kier alpha value is -3.21. The minimum Gasteiger partial charge on any atom is -0.485 e. The Morgan fingerprint density at radius 3 is 2.68 bits per heavy atom. The van der Waals surface area contributed by atoms with Gasteiger partial charge in [-0.05, 0) is 77.5 Å². The predicted molar refractivity (Wildman–Crippen MR) is 122 cm³/mol. The first-order valence-electron chi connectivity index (χ1n) is 11.2. The number of nitrogens with zero attached hydrogens (tertiary/aromatic N) is 3. The van der Waals surface area contributed by atoms with E-state index >= 15 is 0 Å². The second kappa shape index (κ2) is 8.88. The Kier molecular flexibility index (Phi) is 5.65. The van der Waals surface area contributed by atoms with Gasteiger partial charge in [-0.2, -0.15) is 5.21 Å². The highest BCUT2D eigenvalue weighted by Crippen LogP contribution is 2.43. The van der Waals surface area contributed by atoms with Crippen LogP contribution in [0.15, 0.2) is 66.7 Å². The van der Waals surface area contributed by atoms with Crippen molar-refractivity contribution in [2.45, 2.75) is 51.0 Å². The molecule has 0 unspecified atom stereocenters. The van der Waals surface area contributed by atoms with Crippen LogP contribution in [0.25, 0.3) is 10.8 Å². The number of aromatic amines is 1. The summed E-state index contributed by atoms with van der Waals surface area (Å²) in [6, 6.07) is 24.0. The van der Waals surface area contributed by atoms with Crippen molar-refractivity contribution in [1.29, 1.82) is 0 Å². The van der Waals surface area contributed by atoms with Crippen LogP contribution in [0.4, 0.5) is 0 Å². The molecule has 31 heavy (non-hydrogen) atoms. The molecule has 1 aromatic heterocycles. The summed E-state index contributed by atoms with van der Waals surface area (Å²) >= 11 is 0. The number of nitrogens with one attached hydrogen (secondary N) is 1. The number of hydrogen-bond donors (Lipinski definition) is 1. The van der Waals surface area contributed by atoms with Crippen LogP contribution in [0.1, 0.15) is 61.4 Å². The molecule has 0 radical (unpaired) electrons. The zero-order valence-corrected chi connectivity index (χ0v) is 17.9. The predicted octanol–water partition coefficient (Wildman–Crippen LogP) is 6.01. The van der Waals surface area contributed by atoms with Gasteiger partial charge in [-0.15, -0.1) is 10.2 Å². The second-order valence-electron chi connectivity index (χ2n) is 8.77. The van der Waals surface area contributed by atoms with Crippen molar-refractivity contribution in [3.63, 3.8) is 0 Å². The van der Waals surface area contributed by atoms with Gasteiger partial charge in [0.05, 0.1) is 0 Å².